The van der Waals surface area contributed by atoms with E-state index in [2.05, 4.69) is 5.32 Å². The summed E-state index contributed by atoms with van der Waals surface area (Å²) in [7, 11) is 0. The highest BCUT2D eigenvalue weighted by atomic mass is 35.5. The monoisotopic (exact) mass is 312 g/mol. The van der Waals surface area contributed by atoms with Crippen molar-refractivity contribution in [3.05, 3.63) is 28.8 Å². The first-order chi connectivity index (χ1) is 9.68. The van der Waals surface area contributed by atoms with Gasteiger partial charge in [0, 0.05) is 11.2 Å². The Morgan fingerprint density at radius 1 is 1.43 bits per heavy atom. The molecule has 0 saturated carbocycles. The van der Waals surface area contributed by atoms with Gasteiger partial charge in [0.25, 0.3) is 5.91 Å². The van der Waals surface area contributed by atoms with Crippen LogP contribution in [0.2, 0.25) is 5.02 Å². The zero-order valence-electron chi connectivity index (χ0n) is 12.7. The number of esters is 1. The quantitative estimate of drug-likeness (QED) is 0.647. The molecule has 0 saturated heterocycles. The predicted molar refractivity (Wildman–Crippen MR) is 83.3 cm³/mol. The average Bonchev–Trinajstić information content (AvgIpc) is 2.37. The number of benzene rings is 1. The van der Waals surface area contributed by atoms with Crippen molar-refractivity contribution in [2.24, 2.45) is 0 Å². The number of nitrogens with one attached hydrogen (secondary N) is 1. The van der Waals surface area contributed by atoms with E-state index in [0.717, 1.165) is 6.42 Å². The summed E-state index contributed by atoms with van der Waals surface area (Å²) in [6.07, 6.45) is -0.171. The first-order valence-electron chi connectivity index (χ1n) is 6.75. The SMILES string of the molecule is CCC(C)(C)NC(=O)C(C)OC(=O)c1c(N)cccc1Cl. The van der Waals surface area contributed by atoms with Gasteiger partial charge in [-0.05, 0) is 39.3 Å². The summed E-state index contributed by atoms with van der Waals surface area (Å²) in [6.45, 7) is 7.25. The van der Waals surface area contributed by atoms with Gasteiger partial charge < -0.3 is 15.8 Å². The maximum Gasteiger partial charge on any atom is 0.342 e. The van der Waals surface area contributed by atoms with Crippen molar-refractivity contribution in [3.63, 3.8) is 0 Å². The van der Waals surface area contributed by atoms with Crippen LogP contribution >= 0.6 is 11.6 Å². The third-order valence-electron chi connectivity index (χ3n) is 3.25. The number of hydrogen-bond donors (Lipinski definition) is 2. The van der Waals surface area contributed by atoms with Crippen molar-refractivity contribution >= 4 is 29.2 Å². The first kappa shape index (κ1) is 17.3. The summed E-state index contributed by atoms with van der Waals surface area (Å²) in [6, 6.07) is 4.72. The molecule has 3 N–H and O–H groups in total. The standard InChI is InChI=1S/C15H21ClN2O3/c1-5-15(3,4)18-13(19)9(2)21-14(20)12-10(16)7-6-8-11(12)17/h6-9H,5,17H2,1-4H3,(H,18,19). The molecule has 116 valence electrons. The van der Waals surface area contributed by atoms with Crippen LogP contribution in [-0.4, -0.2) is 23.5 Å². The van der Waals surface area contributed by atoms with Gasteiger partial charge in [-0.15, -0.1) is 0 Å². The molecule has 0 aliphatic heterocycles. The third kappa shape index (κ3) is 4.63. The lowest BCUT2D eigenvalue weighted by Crippen LogP contribution is -2.47. The van der Waals surface area contributed by atoms with Gasteiger partial charge in [-0.3, -0.25) is 4.79 Å². The normalized spacial score (nSPS) is 12.6. The van der Waals surface area contributed by atoms with Gasteiger partial charge in [0.2, 0.25) is 0 Å². The van der Waals surface area contributed by atoms with Crippen molar-refractivity contribution in [2.45, 2.75) is 45.8 Å². The number of rotatable bonds is 5. The van der Waals surface area contributed by atoms with E-state index in [1.54, 1.807) is 18.2 Å². The molecular weight excluding hydrogens is 292 g/mol. The molecule has 0 aliphatic carbocycles. The Hall–Kier alpha value is -1.75. The highest BCUT2D eigenvalue weighted by molar-refractivity contribution is 6.34. The van der Waals surface area contributed by atoms with E-state index in [1.807, 2.05) is 20.8 Å². The van der Waals surface area contributed by atoms with Gasteiger partial charge in [0.15, 0.2) is 6.10 Å². The van der Waals surface area contributed by atoms with Gasteiger partial charge in [0.05, 0.1) is 5.02 Å². The minimum absolute atomic E-state index is 0.0774. The Morgan fingerprint density at radius 2 is 2.05 bits per heavy atom. The average molecular weight is 313 g/mol. The van der Waals surface area contributed by atoms with Crippen LogP contribution in [0.3, 0.4) is 0 Å². The van der Waals surface area contributed by atoms with E-state index in [1.165, 1.54) is 6.92 Å². The largest absolute Gasteiger partial charge is 0.449 e. The second-order valence-corrected chi connectivity index (χ2v) is 5.89. The van der Waals surface area contributed by atoms with Crippen molar-refractivity contribution in [2.75, 3.05) is 5.73 Å². The van der Waals surface area contributed by atoms with Gasteiger partial charge in [-0.2, -0.15) is 0 Å². The second-order valence-electron chi connectivity index (χ2n) is 5.48. The maximum atomic E-state index is 12.1. The van der Waals surface area contributed by atoms with Gasteiger partial charge in [-0.25, -0.2) is 4.79 Å². The molecule has 0 aromatic heterocycles. The number of nitrogen functional groups attached to an aromatic ring is 1. The molecule has 1 unspecified atom stereocenters. The highest BCUT2D eigenvalue weighted by Gasteiger charge is 2.26. The second kappa shape index (κ2) is 6.80. The molecule has 1 atom stereocenters. The van der Waals surface area contributed by atoms with Gasteiger partial charge >= 0.3 is 5.97 Å². The fourth-order valence-corrected chi connectivity index (χ4v) is 1.81. The van der Waals surface area contributed by atoms with E-state index in [4.69, 9.17) is 22.1 Å². The zero-order valence-corrected chi connectivity index (χ0v) is 13.5. The number of carbonyl (C=O) groups excluding carboxylic acids is 2. The summed E-state index contributed by atoms with van der Waals surface area (Å²) < 4.78 is 5.13. The molecule has 1 aromatic rings. The molecule has 0 aliphatic rings. The molecule has 5 nitrogen and oxygen atoms in total. The summed E-state index contributed by atoms with van der Waals surface area (Å²) in [5.41, 5.74) is 5.65. The Kier molecular flexibility index (Phi) is 5.61. The smallest absolute Gasteiger partial charge is 0.342 e. The molecule has 0 radical (unpaired) electrons. The molecule has 0 heterocycles. The summed E-state index contributed by atoms with van der Waals surface area (Å²) in [4.78, 5) is 24.1. The van der Waals surface area contributed by atoms with Gasteiger partial charge in [-0.1, -0.05) is 24.6 Å². The Bertz CT molecular complexity index is 523. The number of amides is 1. The fourth-order valence-electron chi connectivity index (χ4n) is 1.55. The number of carbonyl (C=O) groups is 2. The van der Waals surface area contributed by atoms with Crippen LogP contribution in [0.5, 0.6) is 0 Å². The minimum atomic E-state index is -0.931. The van der Waals surface area contributed by atoms with E-state index in [9.17, 15) is 9.59 Å². The van der Waals surface area contributed by atoms with Crippen LogP contribution in [0.25, 0.3) is 0 Å². The molecule has 1 amide bonds. The lowest BCUT2D eigenvalue weighted by molar-refractivity contribution is -0.130. The van der Waals surface area contributed by atoms with Crippen LogP contribution in [0.1, 0.15) is 44.5 Å². The number of hydrogen-bond acceptors (Lipinski definition) is 4. The molecular formula is C15H21ClN2O3. The molecule has 1 aromatic carbocycles. The zero-order chi connectivity index (χ0) is 16.2. The summed E-state index contributed by atoms with van der Waals surface area (Å²) in [5, 5.41) is 3.01. The third-order valence-corrected chi connectivity index (χ3v) is 3.56. The summed E-state index contributed by atoms with van der Waals surface area (Å²) in [5.74, 6) is -1.07. The number of halogens is 1. The predicted octanol–water partition coefficient (Wildman–Crippen LogP) is 2.77. The molecule has 6 heteroatoms. The van der Waals surface area contributed by atoms with E-state index >= 15 is 0 Å². The van der Waals surface area contributed by atoms with Crippen molar-refractivity contribution < 1.29 is 14.3 Å². The van der Waals surface area contributed by atoms with Crippen molar-refractivity contribution in [3.8, 4) is 0 Å². The van der Waals surface area contributed by atoms with Gasteiger partial charge in [0.1, 0.15) is 5.56 Å². The van der Waals surface area contributed by atoms with Crippen LogP contribution in [0.4, 0.5) is 5.69 Å². The topological polar surface area (TPSA) is 81.4 Å². The molecule has 0 spiro atoms. The Balaban J connectivity index is 2.77. The fraction of sp³-hybridized carbons (Fsp3) is 0.467. The lowest BCUT2D eigenvalue weighted by atomic mass is 10.0. The maximum absolute atomic E-state index is 12.1. The Labute approximate surface area is 129 Å². The van der Waals surface area contributed by atoms with E-state index < -0.39 is 12.1 Å². The number of anilines is 1. The number of ether oxygens (including phenoxy) is 1. The van der Waals surface area contributed by atoms with Crippen LogP contribution in [0.15, 0.2) is 18.2 Å². The highest BCUT2D eigenvalue weighted by Crippen LogP contribution is 2.23. The van der Waals surface area contributed by atoms with Crippen molar-refractivity contribution in [1.82, 2.24) is 5.32 Å². The molecule has 1 rings (SSSR count). The van der Waals surface area contributed by atoms with Crippen LogP contribution in [-0.2, 0) is 9.53 Å². The van der Waals surface area contributed by atoms with E-state index in [0.29, 0.717) is 0 Å². The minimum Gasteiger partial charge on any atom is -0.449 e. The number of nitrogens with two attached hydrogens (primary N) is 1. The van der Waals surface area contributed by atoms with Crippen LogP contribution < -0.4 is 11.1 Å². The molecule has 0 fully saturated rings. The summed E-state index contributed by atoms with van der Waals surface area (Å²) >= 11 is 5.93. The van der Waals surface area contributed by atoms with E-state index in [-0.39, 0.29) is 27.7 Å². The lowest BCUT2D eigenvalue weighted by Gasteiger charge is -2.26. The van der Waals surface area contributed by atoms with Crippen molar-refractivity contribution in [1.29, 1.82) is 0 Å². The molecule has 21 heavy (non-hydrogen) atoms. The molecule has 0 bridgehead atoms. The van der Waals surface area contributed by atoms with Crippen LogP contribution in [0, 0.1) is 0 Å². The Morgan fingerprint density at radius 3 is 2.57 bits per heavy atom. The first-order valence-corrected chi connectivity index (χ1v) is 7.12.